The first kappa shape index (κ1) is 29.0. The molecule has 2 saturated heterocycles. The van der Waals surface area contributed by atoms with Gasteiger partial charge in [0.05, 0.1) is 31.0 Å². The predicted octanol–water partition coefficient (Wildman–Crippen LogP) is -0.454. The Bertz CT molecular complexity index is 1070. The summed E-state index contributed by atoms with van der Waals surface area (Å²) in [7, 11) is 1.22. The zero-order valence-corrected chi connectivity index (χ0v) is 21.2. The third kappa shape index (κ3) is 6.58. The fourth-order valence-electron chi connectivity index (χ4n) is 4.86. The number of hydrogen-bond donors (Lipinski definition) is 5. The molecular formula is C26H32O13. The molecular weight excluding hydrogens is 520 g/mol. The summed E-state index contributed by atoms with van der Waals surface area (Å²) in [6, 6.07) is 6.09. The number of rotatable bonds is 7. The molecule has 4 rings (SSSR count). The van der Waals surface area contributed by atoms with Crippen LogP contribution in [0.5, 0.6) is 5.75 Å². The molecule has 0 spiro atoms. The van der Waals surface area contributed by atoms with Gasteiger partial charge in [0.15, 0.2) is 12.6 Å². The molecule has 0 aliphatic carbocycles. The summed E-state index contributed by atoms with van der Waals surface area (Å²) in [5.41, 5.74) is 0.816. The van der Waals surface area contributed by atoms with E-state index in [1.807, 2.05) is 0 Å². The number of aromatic hydroxyl groups is 1. The van der Waals surface area contributed by atoms with Gasteiger partial charge in [-0.15, -0.1) is 0 Å². The van der Waals surface area contributed by atoms with Crippen LogP contribution in [0.4, 0.5) is 0 Å². The van der Waals surface area contributed by atoms with Gasteiger partial charge in [0, 0.05) is 18.4 Å². The standard InChI is InChI=1S/C26H32O13/c1-12-20-15(9-19(29)37-12)16(24(33)34-2)10-36-25(20)39-26-23(32)22(31)21(30)17(38-26)11-35-18(28)8-5-13-3-6-14(27)7-4-13/h3-8,10,12,15,17,19-23,25-27,29-32H,9,11H2,1-2H3/b8-5-/t12-,15-,17-,19-,20-,21-,22+,23+,25+,26+/m1/s1. The Labute approximate surface area is 223 Å². The molecule has 1 aromatic rings. The van der Waals surface area contributed by atoms with Crippen LogP contribution >= 0.6 is 0 Å². The maximum Gasteiger partial charge on any atom is 0.337 e. The van der Waals surface area contributed by atoms with Crippen molar-refractivity contribution in [3.05, 3.63) is 47.7 Å². The molecule has 13 heteroatoms. The minimum absolute atomic E-state index is 0.0603. The number of ether oxygens (including phenoxy) is 6. The average Bonchev–Trinajstić information content (AvgIpc) is 2.91. The Hall–Kier alpha value is -3.04. The van der Waals surface area contributed by atoms with E-state index in [1.165, 1.54) is 25.3 Å². The van der Waals surface area contributed by atoms with Crippen molar-refractivity contribution in [2.75, 3.05) is 13.7 Å². The van der Waals surface area contributed by atoms with Crippen LogP contribution in [0.15, 0.2) is 42.2 Å². The molecule has 0 amide bonds. The van der Waals surface area contributed by atoms with Crippen molar-refractivity contribution < 1.29 is 63.5 Å². The van der Waals surface area contributed by atoms with Gasteiger partial charge >= 0.3 is 11.9 Å². The fourth-order valence-corrected chi connectivity index (χ4v) is 4.86. The van der Waals surface area contributed by atoms with Crippen molar-refractivity contribution in [2.45, 2.75) is 62.7 Å². The fraction of sp³-hybridized carbons (Fsp3) is 0.538. The topological polar surface area (TPSA) is 191 Å². The number of aliphatic hydroxyl groups is 4. The molecule has 3 heterocycles. The molecule has 0 radical (unpaired) electrons. The van der Waals surface area contributed by atoms with Crippen LogP contribution < -0.4 is 0 Å². The quantitative estimate of drug-likeness (QED) is 0.216. The number of fused-ring (bicyclic) bond motifs is 1. The second-order valence-corrected chi connectivity index (χ2v) is 9.49. The molecule has 3 aliphatic heterocycles. The highest BCUT2D eigenvalue weighted by Gasteiger charge is 2.51. The lowest BCUT2D eigenvalue weighted by molar-refractivity contribution is -0.352. The van der Waals surface area contributed by atoms with E-state index >= 15 is 0 Å². The van der Waals surface area contributed by atoms with Crippen molar-refractivity contribution >= 4 is 18.0 Å². The van der Waals surface area contributed by atoms with Crippen LogP contribution in [-0.2, 0) is 38.0 Å². The van der Waals surface area contributed by atoms with Gasteiger partial charge in [0.1, 0.15) is 36.8 Å². The molecule has 3 aliphatic rings. The van der Waals surface area contributed by atoms with Crippen LogP contribution in [0.3, 0.4) is 0 Å². The molecule has 10 atom stereocenters. The van der Waals surface area contributed by atoms with Crippen LogP contribution in [0.1, 0.15) is 18.9 Å². The molecule has 0 aromatic heterocycles. The Kier molecular flexibility index (Phi) is 9.23. The number of carbonyl (C=O) groups excluding carboxylic acids is 2. The summed E-state index contributed by atoms with van der Waals surface area (Å²) in [4.78, 5) is 24.4. The van der Waals surface area contributed by atoms with Crippen molar-refractivity contribution in [3.8, 4) is 5.75 Å². The lowest BCUT2D eigenvalue weighted by Crippen LogP contribution is -2.61. The summed E-state index contributed by atoms with van der Waals surface area (Å²) in [5.74, 6) is -2.52. The van der Waals surface area contributed by atoms with Gasteiger partial charge in [-0.1, -0.05) is 12.1 Å². The molecule has 0 unspecified atom stereocenters. The second kappa shape index (κ2) is 12.4. The molecule has 39 heavy (non-hydrogen) atoms. The van der Waals surface area contributed by atoms with Crippen molar-refractivity contribution in [2.24, 2.45) is 11.8 Å². The van der Waals surface area contributed by atoms with E-state index in [9.17, 15) is 35.1 Å². The smallest absolute Gasteiger partial charge is 0.337 e. The van der Waals surface area contributed by atoms with E-state index in [4.69, 9.17) is 28.4 Å². The zero-order valence-electron chi connectivity index (χ0n) is 21.2. The Morgan fingerprint density at radius 3 is 2.44 bits per heavy atom. The minimum atomic E-state index is -1.71. The van der Waals surface area contributed by atoms with Gasteiger partial charge < -0.3 is 54.0 Å². The molecule has 1 aromatic carbocycles. The summed E-state index contributed by atoms with van der Waals surface area (Å²) >= 11 is 0. The third-order valence-corrected chi connectivity index (χ3v) is 6.93. The van der Waals surface area contributed by atoms with Gasteiger partial charge in [-0.05, 0) is 30.7 Å². The van der Waals surface area contributed by atoms with E-state index in [1.54, 1.807) is 19.1 Å². The summed E-state index contributed by atoms with van der Waals surface area (Å²) in [5, 5.41) is 50.8. The highest BCUT2D eigenvalue weighted by atomic mass is 16.8. The third-order valence-electron chi connectivity index (χ3n) is 6.93. The lowest BCUT2D eigenvalue weighted by atomic mass is 9.77. The summed E-state index contributed by atoms with van der Waals surface area (Å²) in [6.07, 6.45) is -6.89. The molecule has 0 bridgehead atoms. The van der Waals surface area contributed by atoms with Crippen molar-refractivity contribution in [3.63, 3.8) is 0 Å². The monoisotopic (exact) mass is 552 g/mol. The molecule has 2 fully saturated rings. The summed E-state index contributed by atoms with van der Waals surface area (Å²) < 4.78 is 32.6. The maximum atomic E-state index is 12.3. The number of hydrogen-bond acceptors (Lipinski definition) is 13. The normalized spacial score (nSPS) is 36.4. The predicted molar refractivity (Wildman–Crippen MR) is 129 cm³/mol. The molecule has 0 saturated carbocycles. The van der Waals surface area contributed by atoms with E-state index in [0.29, 0.717) is 5.56 Å². The average molecular weight is 553 g/mol. The number of methoxy groups -OCH3 is 1. The lowest BCUT2D eigenvalue weighted by Gasteiger charge is -2.47. The van der Waals surface area contributed by atoms with Gasteiger partial charge in [0.25, 0.3) is 0 Å². The van der Waals surface area contributed by atoms with E-state index < -0.39 is 79.8 Å². The first-order valence-corrected chi connectivity index (χ1v) is 12.4. The number of aliphatic hydroxyl groups excluding tert-OH is 4. The van der Waals surface area contributed by atoms with Crippen LogP contribution in [0.2, 0.25) is 0 Å². The van der Waals surface area contributed by atoms with E-state index in [2.05, 4.69) is 0 Å². The number of phenolic OH excluding ortho intramolecular Hbond substituents is 1. The highest BCUT2D eigenvalue weighted by molar-refractivity contribution is 5.89. The number of esters is 2. The Balaban J connectivity index is 1.42. The van der Waals surface area contributed by atoms with Crippen molar-refractivity contribution in [1.29, 1.82) is 0 Å². The zero-order chi connectivity index (χ0) is 28.3. The number of benzene rings is 1. The Morgan fingerprint density at radius 1 is 1.03 bits per heavy atom. The second-order valence-electron chi connectivity index (χ2n) is 9.49. The Morgan fingerprint density at radius 2 is 1.74 bits per heavy atom. The molecule has 214 valence electrons. The first-order chi connectivity index (χ1) is 18.6. The highest BCUT2D eigenvalue weighted by Crippen LogP contribution is 2.42. The minimum Gasteiger partial charge on any atom is -0.508 e. The van der Waals surface area contributed by atoms with Crippen LogP contribution in [-0.4, -0.2) is 101 Å². The summed E-state index contributed by atoms with van der Waals surface area (Å²) in [6.45, 7) is 1.18. The largest absolute Gasteiger partial charge is 0.508 e. The SMILES string of the molecule is COC(=O)C1=CO[C@@H](O[C@@H]2O[C@H](COC(=O)/C=C\c3ccc(O)cc3)[C@@H](O)[C@H](O)[C@@H]2O)[C@H]2[C@@H]1C[C@H](O)O[C@@H]2C. The van der Waals surface area contributed by atoms with Crippen molar-refractivity contribution in [1.82, 2.24) is 0 Å². The van der Waals surface area contributed by atoms with Gasteiger partial charge in [-0.3, -0.25) is 0 Å². The van der Waals surface area contributed by atoms with Gasteiger partial charge in [-0.25, -0.2) is 9.59 Å². The maximum absolute atomic E-state index is 12.3. The number of phenols is 1. The first-order valence-electron chi connectivity index (χ1n) is 12.4. The molecule has 5 N–H and O–H groups in total. The number of carbonyl (C=O) groups is 2. The van der Waals surface area contributed by atoms with Gasteiger partial charge in [-0.2, -0.15) is 0 Å². The van der Waals surface area contributed by atoms with Crippen LogP contribution in [0.25, 0.3) is 6.08 Å². The van der Waals surface area contributed by atoms with Gasteiger partial charge in [0.2, 0.25) is 6.29 Å². The van der Waals surface area contributed by atoms with Crippen LogP contribution in [0, 0.1) is 11.8 Å². The van der Waals surface area contributed by atoms with E-state index in [0.717, 1.165) is 12.3 Å². The molecule has 13 nitrogen and oxygen atoms in total. The van der Waals surface area contributed by atoms with E-state index in [-0.39, 0.29) is 17.7 Å².